The molecule has 0 radical (unpaired) electrons. The molecule has 0 aliphatic heterocycles. The summed E-state index contributed by atoms with van der Waals surface area (Å²) in [4.78, 5) is 0. The van der Waals surface area contributed by atoms with Crippen molar-refractivity contribution in [2.24, 2.45) is 0 Å². The van der Waals surface area contributed by atoms with Crippen LogP contribution in [0.25, 0.3) is 64.9 Å². The topological polar surface area (TPSA) is 66.3 Å². The van der Waals surface area contributed by atoms with Crippen LogP contribution in [0.2, 0.25) is 0 Å². The van der Waals surface area contributed by atoms with Crippen molar-refractivity contribution >= 4 is 43.6 Å². The molecular formula is C52H60HfN6-6. The zero-order chi connectivity index (χ0) is 41.7. The third-order valence-corrected chi connectivity index (χ3v) is 9.08. The smallest absolute Gasteiger partial charge is 0.0461 e. The van der Waals surface area contributed by atoms with E-state index in [1.54, 1.807) is 0 Å². The Morgan fingerprint density at radius 2 is 0.644 bits per heavy atom. The number of para-hydroxylation sites is 4. The SMILES string of the molecule is CC[N-]C([N-]C(C)(C)C)n1c2ccccc2c2ccccc21.CC[N-]C([N-]C(C)(C)C)n1c2ccccc2c2ccccc21.[CH2-]c1ccccc1.[CH2-]c1ccccc1.[Hf]. The summed E-state index contributed by atoms with van der Waals surface area (Å²) in [5, 5.41) is 24.4. The van der Waals surface area contributed by atoms with Crippen molar-refractivity contribution in [2.75, 3.05) is 13.1 Å². The second-order valence-electron chi connectivity index (χ2n) is 16.1. The quantitative estimate of drug-likeness (QED) is 0.108. The molecule has 59 heavy (non-hydrogen) atoms. The van der Waals surface area contributed by atoms with E-state index in [2.05, 4.69) is 175 Å². The maximum atomic E-state index is 4.94. The van der Waals surface area contributed by atoms with E-state index in [1.807, 2.05) is 60.7 Å². The van der Waals surface area contributed by atoms with Crippen LogP contribution in [-0.4, -0.2) is 33.3 Å². The molecular weight excluding hydrogens is 887 g/mol. The van der Waals surface area contributed by atoms with Crippen molar-refractivity contribution in [3.8, 4) is 0 Å². The van der Waals surface area contributed by atoms with E-state index >= 15 is 0 Å². The van der Waals surface area contributed by atoms with Gasteiger partial charge < -0.3 is 30.4 Å². The van der Waals surface area contributed by atoms with E-state index in [1.165, 1.54) is 43.6 Å². The van der Waals surface area contributed by atoms with Crippen LogP contribution in [0.4, 0.5) is 0 Å². The summed E-state index contributed by atoms with van der Waals surface area (Å²) >= 11 is 0. The largest absolute Gasteiger partial charge is 0.661 e. The predicted molar refractivity (Wildman–Crippen MR) is 253 cm³/mol. The second-order valence-corrected chi connectivity index (χ2v) is 16.1. The molecule has 8 aromatic rings. The van der Waals surface area contributed by atoms with Crippen molar-refractivity contribution in [2.45, 2.75) is 79.0 Å². The molecule has 0 aliphatic carbocycles. The fourth-order valence-corrected chi connectivity index (χ4v) is 6.74. The average molecular weight is 948 g/mol. The minimum atomic E-state index is -0.185. The molecule has 0 bridgehead atoms. The van der Waals surface area contributed by atoms with Gasteiger partial charge in [0, 0.05) is 69.5 Å². The van der Waals surface area contributed by atoms with Crippen LogP contribution in [0.15, 0.2) is 158 Å². The molecule has 0 spiro atoms. The molecule has 2 atom stereocenters. The van der Waals surface area contributed by atoms with Gasteiger partial charge in [0.2, 0.25) is 0 Å². The summed E-state index contributed by atoms with van der Waals surface area (Å²) in [6.07, 6.45) is -0.371. The van der Waals surface area contributed by atoms with Gasteiger partial charge in [0.25, 0.3) is 0 Å². The molecule has 2 aromatic heterocycles. The van der Waals surface area contributed by atoms with E-state index in [-0.39, 0.29) is 49.5 Å². The Balaban J connectivity index is 0.000000194. The third kappa shape index (κ3) is 13.2. The van der Waals surface area contributed by atoms with E-state index in [0.717, 1.165) is 24.2 Å². The molecule has 8 rings (SSSR count). The van der Waals surface area contributed by atoms with Crippen LogP contribution in [-0.2, 0) is 25.8 Å². The van der Waals surface area contributed by atoms with Gasteiger partial charge in [0.05, 0.1) is 0 Å². The van der Waals surface area contributed by atoms with Crippen LogP contribution in [0.3, 0.4) is 0 Å². The molecule has 0 aliphatic rings. The Bertz CT molecular complexity index is 2160. The first-order valence-corrected chi connectivity index (χ1v) is 20.3. The van der Waals surface area contributed by atoms with Crippen molar-refractivity contribution in [1.82, 2.24) is 9.13 Å². The number of fused-ring (bicyclic) bond motifs is 6. The van der Waals surface area contributed by atoms with Crippen LogP contribution in [0.5, 0.6) is 0 Å². The number of hydrogen-bond donors (Lipinski definition) is 0. The summed E-state index contributed by atoms with van der Waals surface area (Å²) in [6, 6.07) is 53.8. The van der Waals surface area contributed by atoms with Crippen LogP contribution in [0, 0.1) is 13.8 Å². The molecule has 2 unspecified atom stereocenters. The summed E-state index contributed by atoms with van der Waals surface area (Å²) in [5.74, 6) is 0. The van der Waals surface area contributed by atoms with Gasteiger partial charge in [-0.3, -0.25) is 0 Å². The molecule has 7 heteroatoms. The van der Waals surface area contributed by atoms with Gasteiger partial charge in [-0.1, -0.05) is 140 Å². The van der Waals surface area contributed by atoms with E-state index in [0.29, 0.717) is 0 Å². The predicted octanol–water partition coefficient (Wildman–Crippen LogP) is 15.4. The molecule has 6 nitrogen and oxygen atoms in total. The normalized spacial score (nSPS) is 12.3. The summed E-state index contributed by atoms with van der Waals surface area (Å²) in [6.45, 7) is 25.8. The number of nitrogens with zero attached hydrogens (tertiary/aromatic N) is 6. The molecule has 308 valence electrons. The molecule has 2 heterocycles. The van der Waals surface area contributed by atoms with Crippen LogP contribution < -0.4 is 0 Å². The summed E-state index contributed by atoms with van der Waals surface area (Å²) < 4.78 is 4.53. The van der Waals surface area contributed by atoms with E-state index < -0.39 is 0 Å². The van der Waals surface area contributed by atoms with Crippen LogP contribution >= 0.6 is 0 Å². The van der Waals surface area contributed by atoms with Crippen LogP contribution in [0.1, 0.15) is 79.1 Å². The van der Waals surface area contributed by atoms with Crippen molar-refractivity contribution < 1.29 is 25.8 Å². The zero-order valence-electron chi connectivity index (χ0n) is 36.2. The Morgan fingerprint density at radius 3 is 0.847 bits per heavy atom. The fourth-order valence-electron chi connectivity index (χ4n) is 6.74. The molecule has 0 amide bonds. The zero-order valence-corrected chi connectivity index (χ0v) is 39.8. The third-order valence-electron chi connectivity index (χ3n) is 9.08. The maximum Gasteiger partial charge on any atom is 0.0461 e. The Morgan fingerprint density at radius 1 is 0.407 bits per heavy atom. The van der Waals surface area contributed by atoms with Gasteiger partial charge >= 0.3 is 0 Å². The molecule has 0 saturated carbocycles. The first-order valence-electron chi connectivity index (χ1n) is 20.3. The number of benzene rings is 6. The first-order chi connectivity index (χ1) is 27.8. The fraction of sp³-hybridized carbons (Fsp3) is 0.269. The van der Waals surface area contributed by atoms with Gasteiger partial charge in [-0.25, -0.2) is 0 Å². The monoisotopic (exact) mass is 948 g/mol. The standard InChI is InChI=1S/2C19H23N3.2C7H7.Hf/c2*1-5-20-18(21-19(2,3)4)22-16-12-8-6-10-14(16)15-11-7-9-13-17(15)22;2*1-7-5-3-2-4-6-7;/h2*6-13,18H,5H2,1-4H3;2*2-6H,1H2;/q2*-2;2*-1;. The van der Waals surface area contributed by atoms with E-state index in [4.69, 9.17) is 21.3 Å². The number of aromatic nitrogens is 2. The van der Waals surface area contributed by atoms with Gasteiger partial charge in [-0.15, -0.1) is 35.3 Å². The average Bonchev–Trinajstić information content (AvgIpc) is 3.71. The Kier molecular flexibility index (Phi) is 17.6. The van der Waals surface area contributed by atoms with Crippen molar-refractivity contribution in [1.29, 1.82) is 0 Å². The summed E-state index contributed by atoms with van der Waals surface area (Å²) in [5.41, 5.74) is 6.66. The van der Waals surface area contributed by atoms with Gasteiger partial charge in [-0.2, -0.15) is 74.9 Å². The van der Waals surface area contributed by atoms with E-state index in [9.17, 15) is 0 Å². The minimum Gasteiger partial charge on any atom is -0.661 e. The van der Waals surface area contributed by atoms with Crippen molar-refractivity contribution in [3.63, 3.8) is 0 Å². The number of hydrogen-bond acceptors (Lipinski definition) is 0. The minimum absolute atomic E-state index is 0. The number of rotatable bonds is 8. The second kappa shape index (κ2) is 22.1. The Hall–Kier alpha value is -4.63. The van der Waals surface area contributed by atoms with Gasteiger partial charge in [-0.05, 0) is 24.3 Å². The Labute approximate surface area is 372 Å². The maximum absolute atomic E-state index is 4.94. The van der Waals surface area contributed by atoms with Gasteiger partial charge in [0.15, 0.2) is 0 Å². The molecule has 0 saturated heterocycles. The van der Waals surface area contributed by atoms with Gasteiger partial charge in [0.1, 0.15) is 0 Å². The van der Waals surface area contributed by atoms with Crippen molar-refractivity contribution in [3.05, 3.63) is 204 Å². The molecule has 0 N–H and O–H groups in total. The molecule has 6 aromatic carbocycles. The molecule has 0 fully saturated rings. The first kappa shape index (κ1) is 47.1. The summed E-state index contributed by atoms with van der Waals surface area (Å²) in [7, 11) is 0.